The highest BCUT2D eigenvalue weighted by Crippen LogP contribution is 2.05. The van der Waals surface area contributed by atoms with Crippen LogP contribution in [0.4, 0.5) is 4.79 Å². The van der Waals surface area contributed by atoms with Crippen LogP contribution in [-0.2, 0) is 0 Å². The van der Waals surface area contributed by atoms with E-state index in [0.717, 1.165) is 11.1 Å². The first-order chi connectivity index (χ1) is 9.65. The van der Waals surface area contributed by atoms with E-state index in [4.69, 9.17) is 0 Å². The number of hydrogen-bond donors (Lipinski definition) is 1. The number of nitrogens with zero attached hydrogens (tertiary/aromatic N) is 4. The summed E-state index contributed by atoms with van der Waals surface area (Å²) in [5.74, 6) is 0.203. The Kier molecular flexibility index (Phi) is 4.28. The summed E-state index contributed by atoms with van der Waals surface area (Å²) in [5, 5.41) is 17.0. The predicted octanol–water partition coefficient (Wildman–Crippen LogP) is 3.16. The average Bonchev–Trinajstić information content (AvgIpc) is 2.44. The summed E-state index contributed by atoms with van der Waals surface area (Å²) < 4.78 is 0. The highest BCUT2D eigenvalue weighted by molar-refractivity contribution is 6.08. The van der Waals surface area contributed by atoms with Crippen molar-refractivity contribution in [3.63, 3.8) is 0 Å². The van der Waals surface area contributed by atoms with Crippen molar-refractivity contribution in [2.24, 2.45) is 20.4 Å². The largest absolute Gasteiger partial charge is 0.365 e. The van der Waals surface area contributed by atoms with Crippen LogP contribution in [-0.4, -0.2) is 18.1 Å². The molecule has 6 nitrogen and oxygen atoms in total. The molecule has 1 heterocycles. The second-order valence-corrected chi connectivity index (χ2v) is 4.07. The van der Waals surface area contributed by atoms with E-state index in [1.54, 1.807) is 6.21 Å². The van der Waals surface area contributed by atoms with Gasteiger partial charge in [0.05, 0.1) is 6.21 Å². The second kappa shape index (κ2) is 6.33. The molecule has 0 aromatic heterocycles. The third kappa shape index (κ3) is 3.81. The molecule has 0 fully saturated rings. The van der Waals surface area contributed by atoms with Crippen molar-refractivity contribution in [2.75, 3.05) is 0 Å². The SMILES string of the molecule is C=C1N=NC(=O)N/C1=N/N=C/C(C)=C/c1ccccc1. The zero-order chi connectivity index (χ0) is 14.4. The van der Waals surface area contributed by atoms with E-state index in [0.29, 0.717) is 0 Å². The molecule has 2 amide bonds. The minimum atomic E-state index is -0.581. The first-order valence-electron chi connectivity index (χ1n) is 5.91. The van der Waals surface area contributed by atoms with Gasteiger partial charge in [-0.2, -0.15) is 5.10 Å². The minimum Gasteiger partial charge on any atom is -0.286 e. The maximum atomic E-state index is 11.0. The molecular weight excluding hydrogens is 254 g/mol. The van der Waals surface area contributed by atoms with Crippen LogP contribution in [0.1, 0.15) is 12.5 Å². The number of amidine groups is 1. The number of azo groups is 1. The van der Waals surface area contributed by atoms with Crippen molar-refractivity contribution in [1.29, 1.82) is 0 Å². The second-order valence-electron chi connectivity index (χ2n) is 4.07. The van der Waals surface area contributed by atoms with E-state index in [1.165, 1.54) is 0 Å². The normalized spacial score (nSPS) is 17.9. The van der Waals surface area contributed by atoms with Gasteiger partial charge in [0.2, 0.25) is 0 Å². The van der Waals surface area contributed by atoms with Gasteiger partial charge in [0.25, 0.3) is 0 Å². The fourth-order valence-electron chi connectivity index (χ4n) is 1.46. The van der Waals surface area contributed by atoms with Gasteiger partial charge < -0.3 is 0 Å². The monoisotopic (exact) mass is 267 g/mol. The van der Waals surface area contributed by atoms with Crippen LogP contribution >= 0.6 is 0 Å². The number of amides is 2. The zero-order valence-electron chi connectivity index (χ0n) is 10.9. The number of allylic oxidation sites excluding steroid dienone is 1. The number of urea groups is 1. The molecule has 1 N–H and O–H groups in total. The highest BCUT2D eigenvalue weighted by Gasteiger charge is 2.13. The molecule has 2 rings (SSSR count). The van der Waals surface area contributed by atoms with Crippen molar-refractivity contribution < 1.29 is 4.79 Å². The Balaban J connectivity index is 2.06. The van der Waals surface area contributed by atoms with Gasteiger partial charge in [-0.05, 0) is 18.1 Å². The summed E-state index contributed by atoms with van der Waals surface area (Å²) in [7, 11) is 0. The van der Waals surface area contributed by atoms with Gasteiger partial charge in [-0.15, -0.1) is 10.2 Å². The summed E-state index contributed by atoms with van der Waals surface area (Å²) in [5.41, 5.74) is 2.27. The first-order valence-corrected chi connectivity index (χ1v) is 5.91. The highest BCUT2D eigenvalue weighted by atomic mass is 16.2. The Labute approximate surface area is 116 Å². The van der Waals surface area contributed by atoms with E-state index in [-0.39, 0.29) is 11.5 Å². The van der Waals surface area contributed by atoms with Crippen LogP contribution in [0.3, 0.4) is 0 Å². The lowest BCUT2D eigenvalue weighted by atomic mass is 10.1. The molecule has 0 atom stereocenters. The first kappa shape index (κ1) is 13.5. The summed E-state index contributed by atoms with van der Waals surface area (Å²) >= 11 is 0. The molecule has 20 heavy (non-hydrogen) atoms. The number of carbonyl (C=O) groups is 1. The van der Waals surface area contributed by atoms with Crippen LogP contribution < -0.4 is 5.32 Å². The van der Waals surface area contributed by atoms with Crippen LogP contribution in [0.25, 0.3) is 6.08 Å². The molecule has 1 aromatic carbocycles. The Hall–Kier alpha value is -2.89. The van der Waals surface area contributed by atoms with Crippen molar-refractivity contribution in [2.45, 2.75) is 6.92 Å². The predicted molar refractivity (Wildman–Crippen MR) is 78.5 cm³/mol. The van der Waals surface area contributed by atoms with Gasteiger partial charge in [0, 0.05) is 0 Å². The lowest BCUT2D eigenvalue weighted by Gasteiger charge is -2.06. The fourth-order valence-corrected chi connectivity index (χ4v) is 1.46. The molecule has 0 spiro atoms. The number of rotatable bonds is 3. The Morgan fingerprint density at radius 1 is 1.30 bits per heavy atom. The minimum absolute atomic E-state index is 0.203. The zero-order valence-corrected chi connectivity index (χ0v) is 10.9. The summed E-state index contributed by atoms with van der Waals surface area (Å²) in [6.45, 7) is 5.51. The van der Waals surface area contributed by atoms with Gasteiger partial charge in [0.15, 0.2) is 5.84 Å². The van der Waals surface area contributed by atoms with Gasteiger partial charge in [-0.3, -0.25) is 5.32 Å². The lowest BCUT2D eigenvalue weighted by molar-refractivity contribution is 0.251. The molecule has 6 heteroatoms. The third-order valence-corrected chi connectivity index (χ3v) is 2.37. The molecular formula is C14H13N5O. The van der Waals surface area contributed by atoms with Crippen molar-refractivity contribution in [3.8, 4) is 0 Å². The van der Waals surface area contributed by atoms with Crippen molar-refractivity contribution in [1.82, 2.24) is 5.32 Å². The maximum absolute atomic E-state index is 11.0. The van der Waals surface area contributed by atoms with E-state index in [1.807, 2.05) is 43.3 Å². The molecule has 0 unspecified atom stereocenters. The van der Waals surface area contributed by atoms with Crippen molar-refractivity contribution in [3.05, 3.63) is 53.7 Å². The van der Waals surface area contributed by atoms with Gasteiger partial charge in [-0.1, -0.05) is 48.1 Å². The summed E-state index contributed by atoms with van der Waals surface area (Å²) in [6, 6.07) is 9.28. The summed E-state index contributed by atoms with van der Waals surface area (Å²) in [4.78, 5) is 11.0. The van der Waals surface area contributed by atoms with Crippen LogP contribution in [0.5, 0.6) is 0 Å². The van der Waals surface area contributed by atoms with Crippen molar-refractivity contribution >= 4 is 24.2 Å². The number of carbonyl (C=O) groups excluding carboxylic acids is 1. The van der Waals surface area contributed by atoms with E-state index in [9.17, 15) is 4.79 Å². The molecule has 1 aromatic rings. The number of hydrogen-bond acceptors (Lipinski definition) is 4. The summed E-state index contributed by atoms with van der Waals surface area (Å²) in [6.07, 6.45) is 3.56. The molecule has 0 radical (unpaired) electrons. The molecule has 1 aliphatic rings. The molecule has 100 valence electrons. The average molecular weight is 267 g/mol. The van der Waals surface area contributed by atoms with Crippen LogP contribution in [0.15, 0.2) is 68.6 Å². The van der Waals surface area contributed by atoms with Gasteiger partial charge >= 0.3 is 6.03 Å². The Morgan fingerprint density at radius 3 is 2.80 bits per heavy atom. The molecule has 0 saturated carbocycles. The van der Waals surface area contributed by atoms with Gasteiger partial charge in [-0.25, -0.2) is 4.79 Å². The van der Waals surface area contributed by atoms with E-state index >= 15 is 0 Å². The Bertz CT molecular complexity index is 641. The quantitative estimate of drug-likeness (QED) is 0.662. The molecule has 0 aliphatic carbocycles. The van der Waals surface area contributed by atoms with Crippen LogP contribution in [0, 0.1) is 0 Å². The molecule has 0 saturated heterocycles. The smallest absolute Gasteiger partial charge is 0.286 e. The number of nitrogens with one attached hydrogen (secondary N) is 1. The Morgan fingerprint density at radius 2 is 2.05 bits per heavy atom. The molecule has 1 aliphatic heterocycles. The number of benzene rings is 1. The third-order valence-electron chi connectivity index (χ3n) is 2.37. The standard InChI is InChI=1S/C14H13N5O/c1-10(8-12-6-4-3-5-7-12)9-15-18-13-11(2)17-19-14(20)16-13/h3-9H,2H2,1H3,(H,16,18,20)/b10-8+,15-9+. The topological polar surface area (TPSA) is 78.5 Å². The van der Waals surface area contributed by atoms with Crippen LogP contribution in [0.2, 0.25) is 0 Å². The fraction of sp³-hybridized carbons (Fsp3) is 0.0714. The molecule has 0 bridgehead atoms. The lowest BCUT2D eigenvalue weighted by Crippen LogP contribution is -2.31. The maximum Gasteiger partial charge on any atom is 0.365 e. The van der Waals surface area contributed by atoms with E-state index < -0.39 is 6.03 Å². The van der Waals surface area contributed by atoms with E-state index in [2.05, 4.69) is 32.3 Å². The van der Waals surface area contributed by atoms with Gasteiger partial charge in [0.1, 0.15) is 5.70 Å².